The normalized spacial score (nSPS) is 12.4. The van der Waals surface area contributed by atoms with Crippen LogP contribution < -0.4 is 5.32 Å². The molecule has 2 aromatic rings. The highest BCUT2D eigenvalue weighted by atomic mass is 35.5. The summed E-state index contributed by atoms with van der Waals surface area (Å²) in [7, 11) is 0. The SMILES string of the molecule is CC(NCc1cccc(Cl)c1)c1ccc(F)c(F)c1. The Morgan fingerprint density at radius 2 is 1.89 bits per heavy atom. The molecule has 0 bridgehead atoms. The molecule has 0 aromatic heterocycles. The molecule has 2 rings (SSSR count). The van der Waals surface area contributed by atoms with Gasteiger partial charge in [0.2, 0.25) is 0 Å². The van der Waals surface area contributed by atoms with Gasteiger partial charge in [0.25, 0.3) is 0 Å². The fourth-order valence-corrected chi connectivity index (χ4v) is 2.03. The van der Waals surface area contributed by atoms with E-state index in [1.165, 1.54) is 6.07 Å². The van der Waals surface area contributed by atoms with E-state index in [0.29, 0.717) is 17.1 Å². The minimum Gasteiger partial charge on any atom is -0.306 e. The number of halogens is 3. The highest BCUT2D eigenvalue weighted by Crippen LogP contribution is 2.17. The van der Waals surface area contributed by atoms with Crippen LogP contribution in [0.4, 0.5) is 8.78 Å². The zero-order valence-corrected chi connectivity index (χ0v) is 11.2. The fourth-order valence-electron chi connectivity index (χ4n) is 1.82. The molecule has 19 heavy (non-hydrogen) atoms. The molecule has 0 radical (unpaired) electrons. The molecule has 0 saturated heterocycles. The molecule has 0 aliphatic carbocycles. The van der Waals surface area contributed by atoms with E-state index in [1.807, 2.05) is 31.2 Å². The highest BCUT2D eigenvalue weighted by molar-refractivity contribution is 6.30. The molecule has 0 saturated carbocycles. The molecule has 0 spiro atoms. The maximum Gasteiger partial charge on any atom is 0.159 e. The van der Waals surface area contributed by atoms with Crippen LogP contribution in [0.5, 0.6) is 0 Å². The van der Waals surface area contributed by atoms with Crippen molar-refractivity contribution in [3.05, 3.63) is 70.2 Å². The predicted octanol–water partition coefficient (Wildman–Crippen LogP) is 4.47. The van der Waals surface area contributed by atoms with Gasteiger partial charge >= 0.3 is 0 Å². The maximum absolute atomic E-state index is 13.1. The molecule has 1 unspecified atom stereocenters. The average Bonchev–Trinajstić information content (AvgIpc) is 2.39. The Bertz CT molecular complexity index is 572. The minimum absolute atomic E-state index is 0.0749. The summed E-state index contributed by atoms with van der Waals surface area (Å²) in [5.74, 6) is -1.65. The lowest BCUT2D eigenvalue weighted by Crippen LogP contribution is -2.18. The van der Waals surface area contributed by atoms with Crippen LogP contribution in [-0.4, -0.2) is 0 Å². The fraction of sp³-hybridized carbons (Fsp3) is 0.200. The van der Waals surface area contributed by atoms with Crippen LogP contribution in [-0.2, 0) is 6.54 Å². The summed E-state index contributed by atoms with van der Waals surface area (Å²) >= 11 is 5.90. The zero-order chi connectivity index (χ0) is 13.8. The minimum atomic E-state index is -0.828. The summed E-state index contributed by atoms with van der Waals surface area (Å²) in [4.78, 5) is 0. The molecule has 1 atom stereocenters. The van der Waals surface area contributed by atoms with Crippen molar-refractivity contribution in [2.24, 2.45) is 0 Å². The first-order chi connectivity index (χ1) is 9.06. The van der Waals surface area contributed by atoms with E-state index in [-0.39, 0.29) is 6.04 Å². The quantitative estimate of drug-likeness (QED) is 0.872. The van der Waals surface area contributed by atoms with E-state index in [2.05, 4.69) is 5.32 Å². The Morgan fingerprint density at radius 3 is 2.58 bits per heavy atom. The lowest BCUT2D eigenvalue weighted by Gasteiger charge is -2.14. The first-order valence-corrected chi connectivity index (χ1v) is 6.37. The molecule has 100 valence electrons. The predicted molar refractivity (Wildman–Crippen MR) is 73.1 cm³/mol. The highest BCUT2D eigenvalue weighted by Gasteiger charge is 2.08. The van der Waals surface area contributed by atoms with Gasteiger partial charge in [0, 0.05) is 17.6 Å². The van der Waals surface area contributed by atoms with Crippen molar-refractivity contribution < 1.29 is 8.78 Å². The van der Waals surface area contributed by atoms with Gasteiger partial charge in [-0.25, -0.2) is 8.78 Å². The number of nitrogens with one attached hydrogen (secondary N) is 1. The van der Waals surface area contributed by atoms with E-state index in [9.17, 15) is 8.78 Å². The summed E-state index contributed by atoms with van der Waals surface area (Å²) in [6, 6.07) is 11.4. The molecular weight excluding hydrogens is 268 g/mol. The smallest absolute Gasteiger partial charge is 0.159 e. The first-order valence-electron chi connectivity index (χ1n) is 5.99. The molecule has 0 aliphatic heterocycles. The number of hydrogen-bond donors (Lipinski definition) is 1. The second-order valence-electron chi connectivity index (χ2n) is 4.41. The zero-order valence-electron chi connectivity index (χ0n) is 10.5. The van der Waals surface area contributed by atoms with Gasteiger partial charge < -0.3 is 5.32 Å². The molecule has 0 amide bonds. The Kier molecular flexibility index (Phi) is 4.51. The van der Waals surface area contributed by atoms with Crippen molar-refractivity contribution in [2.45, 2.75) is 19.5 Å². The van der Waals surface area contributed by atoms with Crippen LogP contribution in [0.25, 0.3) is 0 Å². The molecule has 0 fully saturated rings. The van der Waals surface area contributed by atoms with Crippen molar-refractivity contribution in [3.63, 3.8) is 0 Å². The first kappa shape index (κ1) is 14.0. The van der Waals surface area contributed by atoms with Crippen molar-refractivity contribution in [1.82, 2.24) is 5.32 Å². The standard InChI is InChI=1S/C15H14ClF2N/c1-10(12-5-6-14(17)15(18)8-12)19-9-11-3-2-4-13(16)7-11/h2-8,10,19H,9H2,1H3. The van der Waals surface area contributed by atoms with Crippen molar-refractivity contribution >= 4 is 11.6 Å². The van der Waals surface area contributed by atoms with Gasteiger partial charge in [-0.15, -0.1) is 0 Å². The molecule has 4 heteroatoms. The lowest BCUT2D eigenvalue weighted by atomic mass is 10.1. The Balaban J connectivity index is 2.01. The second kappa shape index (κ2) is 6.13. The van der Waals surface area contributed by atoms with Gasteiger partial charge in [-0.3, -0.25) is 0 Å². The number of rotatable bonds is 4. The summed E-state index contributed by atoms with van der Waals surface area (Å²) in [5, 5.41) is 3.92. The third-order valence-corrected chi connectivity index (χ3v) is 3.18. The Hall–Kier alpha value is -1.45. The van der Waals surface area contributed by atoms with Crippen LogP contribution in [0.1, 0.15) is 24.1 Å². The molecule has 0 aliphatic rings. The maximum atomic E-state index is 13.1. The largest absolute Gasteiger partial charge is 0.306 e. The van der Waals surface area contributed by atoms with Crippen LogP contribution in [0.15, 0.2) is 42.5 Å². The van der Waals surface area contributed by atoms with E-state index in [1.54, 1.807) is 6.07 Å². The average molecular weight is 282 g/mol. The Labute approximate surface area is 116 Å². The summed E-state index contributed by atoms with van der Waals surface area (Å²) in [6.45, 7) is 2.51. The third-order valence-electron chi connectivity index (χ3n) is 2.95. The molecule has 2 aromatic carbocycles. The monoisotopic (exact) mass is 281 g/mol. The summed E-state index contributed by atoms with van der Waals surface area (Å²) in [6.07, 6.45) is 0. The van der Waals surface area contributed by atoms with Gasteiger partial charge in [0.15, 0.2) is 11.6 Å². The van der Waals surface area contributed by atoms with Crippen LogP contribution in [0.2, 0.25) is 5.02 Å². The van der Waals surface area contributed by atoms with Gasteiger partial charge in [0.05, 0.1) is 0 Å². The van der Waals surface area contributed by atoms with Crippen LogP contribution >= 0.6 is 11.6 Å². The molecular formula is C15H14ClF2N. The van der Waals surface area contributed by atoms with Crippen LogP contribution in [0.3, 0.4) is 0 Å². The van der Waals surface area contributed by atoms with Crippen LogP contribution in [0, 0.1) is 11.6 Å². The molecule has 1 nitrogen and oxygen atoms in total. The number of benzene rings is 2. The summed E-state index contributed by atoms with van der Waals surface area (Å²) < 4.78 is 26.0. The van der Waals surface area contributed by atoms with Crippen molar-refractivity contribution in [1.29, 1.82) is 0 Å². The van der Waals surface area contributed by atoms with Gasteiger partial charge in [0.1, 0.15) is 0 Å². The molecule has 0 heterocycles. The lowest BCUT2D eigenvalue weighted by molar-refractivity contribution is 0.500. The second-order valence-corrected chi connectivity index (χ2v) is 4.84. The van der Waals surface area contributed by atoms with Gasteiger partial charge in [-0.05, 0) is 42.3 Å². The van der Waals surface area contributed by atoms with E-state index in [4.69, 9.17) is 11.6 Å². The third kappa shape index (κ3) is 3.75. The number of hydrogen-bond acceptors (Lipinski definition) is 1. The van der Waals surface area contributed by atoms with Crippen molar-refractivity contribution in [2.75, 3.05) is 0 Å². The van der Waals surface area contributed by atoms with Gasteiger partial charge in [-0.2, -0.15) is 0 Å². The van der Waals surface area contributed by atoms with Gasteiger partial charge in [-0.1, -0.05) is 29.8 Å². The van der Waals surface area contributed by atoms with E-state index in [0.717, 1.165) is 11.6 Å². The topological polar surface area (TPSA) is 12.0 Å². The van der Waals surface area contributed by atoms with E-state index >= 15 is 0 Å². The summed E-state index contributed by atoms with van der Waals surface area (Å²) in [5.41, 5.74) is 1.75. The van der Waals surface area contributed by atoms with Crippen molar-refractivity contribution in [3.8, 4) is 0 Å². The Morgan fingerprint density at radius 1 is 1.11 bits per heavy atom. The van der Waals surface area contributed by atoms with E-state index < -0.39 is 11.6 Å². The molecule has 1 N–H and O–H groups in total.